The Balaban J connectivity index is 1.62. The number of H-pyrrole nitrogens is 1. The Bertz CT molecular complexity index is 577. The summed E-state index contributed by atoms with van der Waals surface area (Å²) in [5.41, 5.74) is 0.957. The number of carbonyl (C=O) groups is 1. The minimum absolute atomic E-state index is 0.0835. The Morgan fingerprint density at radius 1 is 1.15 bits per heavy atom. The summed E-state index contributed by atoms with van der Waals surface area (Å²) in [7, 11) is 0. The second-order valence-electron chi connectivity index (χ2n) is 4.49. The first kappa shape index (κ1) is 12.5. The van der Waals surface area contributed by atoms with Crippen LogP contribution in [0.25, 0.3) is 0 Å². The smallest absolute Gasteiger partial charge is 0.295 e. The maximum absolute atomic E-state index is 12.9. The van der Waals surface area contributed by atoms with Gasteiger partial charge in [0, 0.05) is 31.9 Å². The van der Waals surface area contributed by atoms with Crippen molar-refractivity contribution in [1.29, 1.82) is 0 Å². The Kier molecular flexibility index (Phi) is 3.28. The fourth-order valence-electron chi connectivity index (χ4n) is 2.21. The molecule has 7 nitrogen and oxygen atoms in total. The second kappa shape index (κ2) is 5.24. The number of tetrazole rings is 1. The maximum Gasteiger partial charge on any atom is 0.295 e. The van der Waals surface area contributed by atoms with Crippen LogP contribution in [-0.4, -0.2) is 57.6 Å². The molecule has 0 spiro atoms. The fraction of sp³-hybridized carbons (Fsp3) is 0.333. The number of piperazine rings is 1. The van der Waals surface area contributed by atoms with Crippen LogP contribution in [0.3, 0.4) is 0 Å². The zero-order chi connectivity index (χ0) is 13.9. The molecule has 0 aliphatic carbocycles. The van der Waals surface area contributed by atoms with Crippen molar-refractivity contribution in [3.05, 3.63) is 35.9 Å². The molecular weight excluding hydrogens is 263 g/mol. The molecule has 1 fully saturated rings. The van der Waals surface area contributed by atoms with Gasteiger partial charge in [-0.05, 0) is 29.5 Å². The number of amides is 1. The van der Waals surface area contributed by atoms with E-state index in [1.807, 2.05) is 0 Å². The molecule has 1 aromatic carbocycles. The average Bonchev–Trinajstić information content (AvgIpc) is 3.02. The molecule has 2 aromatic rings. The van der Waals surface area contributed by atoms with Crippen LogP contribution in [0.2, 0.25) is 0 Å². The third-order valence-corrected chi connectivity index (χ3v) is 3.30. The van der Waals surface area contributed by atoms with E-state index in [4.69, 9.17) is 0 Å². The zero-order valence-electron chi connectivity index (χ0n) is 10.7. The van der Waals surface area contributed by atoms with Gasteiger partial charge in [0.2, 0.25) is 0 Å². The predicted molar refractivity (Wildman–Crippen MR) is 68.7 cm³/mol. The van der Waals surface area contributed by atoms with E-state index in [-0.39, 0.29) is 17.5 Å². The number of carbonyl (C=O) groups excluding carboxylic acids is 1. The molecule has 2 heterocycles. The Morgan fingerprint density at radius 3 is 2.45 bits per heavy atom. The highest BCUT2D eigenvalue weighted by atomic mass is 19.1. The van der Waals surface area contributed by atoms with E-state index in [1.165, 1.54) is 12.1 Å². The molecule has 1 aliphatic rings. The SMILES string of the molecule is O=C(c1nn[nH]n1)N1CCN(c2ccc(F)cc2)CC1. The van der Waals surface area contributed by atoms with Crippen molar-refractivity contribution in [2.24, 2.45) is 0 Å². The number of nitrogens with one attached hydrogen (secondary N) is 1. The summed E-state index contributed by atoms with van der Waals surface area (Å²) < 4.78 is 12.9. The molecule has 0 atom stereocenters. The first-order valence-corrected chi connectivity index (χ1v) is 6.27. The third kappa shape index (κ3) is 2.44. The van der Waals surface area contributed by atoms with Gasteiger partial charge >= 0.3 is 0 Å². The van der Waals surface area contributed by atoms with Gasteiger partial charge in [-0.3, -0.25) is 4.79 Å². The van der Waals surface area contributed by atoms with Crippen LogP contribution in [0.15, 0.2) is 24.3 Å². The molecule has 1 aromatic heterocycles. The minimum atomic E-state index is -0.250. The number of aromatic amines is 1. The minimum Gasteiger partial charge on any atom is -0.368 e. The van der Waals surface area contributed by atoms with E-state index < -0.39 is 0 Å². The van der Waals surface area contributed by atoms with Crippen LogP contribution < -0.4 is 4.90 Å². The molecule has 0 saturated carbocycles. The van der Waals surface area contributed by atoms with E-state index in [2.05, 4.69) is 25.5 Å². The lowest BCUT2D eigenvalue weighted by Gasteiger charge is -2.35. The van der Waals surface area contributed by atoms with E-state index in [9.17, 15) is 9.18 Å². The maximum atomic E-state index is 12.9. The monoisotopic (exact) mass is 276 g/mol. The van der Waals surface area contributed by atoms with Crippen LogP contribution >= 0.6 is 0 Å². The molecule has 0 bridgehead atoms. The number of halogens is 1. The van der Waals surface area contributed by atoms with Crippen LogP contribution in [0.4, 0.5) is 10.1 Å². The molecule has 1 saturated heterocycles. The second-order valence-corrected chi connectivity index (χ2v) is 4.49. The number of benzene rings is 1. The molecule has 0 radical (unpaired) electrons. The highest BCUT2D eigenvalue weighted by Crippen LogP contribution is 2.17. The van der Waals surface area contributed by atoms with Gasteiger partial charge in [-0.2, -0.15) is 5.21 Å². The van der Waals surface area contributed by atoms with Crippen molar-refractivity contribution in [3.63, 3.8) is 0 Å². The summed E-state index contributed by atoms with van der Waals surface area (Å²) in [4.78, 5) is 15.8. The van der Waals surface area contributed by atoms with Crippen molar-refractivity contribution >= 4 is 11.6 Å². The van der Waals surface area contributed by atoms with Gasteiger partial charge in [0.15, 0.2) is 0 Å². The molecule has 0 unspecified atom stereocenters. The predicted octanol–water partition coefficient (Wildman–Crippen LogP) is 0.301. The standard InChI is InChI=1S/C12H13FN6O/c13-9-1-3-10(4-2-9)18-5-7-19(8-6-18)12(20)11-14-16-17-15-11/h1-4H,5-8H2,(H,14,15,16,17). The van der Waals surface area contributed by atoms with Gasteiger partial charge < -0.3 is 9.80 Å². The van der Waals surface area contributed by atoms with Crippen molar-refractivity contribution in [2.45, 2.75) is 0 Å². The molecule has 20 heavy (non-hydrogen) atoms. The van der Waals surface area contributed by atoms with E-state index >= 15 is 0 Å². The topological polar surface area (TPSA) is 78.0 Å². The van der Waals surface area contributed by atoms with Gasteiger partial charge in [-0.15, -0.1) is 10.2 Å². The van der Waals surface area contributed by atoms with Crippen molar-refractivity contribution in [2.75, 3.05) is 31.1 Å². The average molecular weight is 276 g/mol. The van der Waals surface area contributed by atoms with Crippen molar-refractivity contribution < 1.29 is 9.18 Å². The summed E-state index contributed by atoms with van der Waals surface area (Å²) in [6, 6.07) is 6.36. The quantitative estimate of drug-likeness (QED) is 0.853. The van der Waals surface area contributed by atoms with Gasteiger partial charge in [0.25, 0.3) is 11.7 Å². The van der Waals surface area contributed by atoms with Gasteiger partial charge in [0.05, 0.1) is 0 Å². The van der Waals surface area contributed by atoms with Crippen LogP contribution in [-0.2, 0) is 0 Å². The van der Waals surface area contributed by atoms with Crippen molar-refractivity contribution in [1.82, 2.24) is 25.5 Å². The summed E-state index contributed by atoms with van der Waals surface area (Å²) in [5, 5.41) is 13.0. The summed E-state index contributed by atoms with van der Waals surface area (Å²) >= 11 is 0. The van der Waals surface area contributed by atoms with E-state index in [0.29, 0.717) is 26.2 Å². The number of rotatable bonds is 2. The van der Waals surface area contributed by atoms with Crippen molar-refractivity contribution in [3.8, 4) is 0 Å². The molecule has 1 amide bonds. The molecule has 8 heteroatoms. The molecule has 1 N–H and O–H groups in total. The first-order valence-electron chi connectivity index (χ1n) is 6.27. The molecule has 104 valence electrons. The van der Waals surface area contributed by atoms with E-state index in [1.54, 1.807) is 17.0 Å². The first-order chi connectivity index (χ1) is 9.74. The Morgan fingerprint density at radius 2 is 1.85 bits per heavy atom. The summed E-state index contributed by atoms with van der Waals surface area (Å²) in [5.74, 6) is -0.391. The van der Waals surface area contributed by atoms with Crippen LogP contribution in [0, 0.1) is 5.82 Å². The molecular formula is C12H13FN6O. The summed E-state index contributed by atoms with van der Waals surface area (Å²) in [6.45, 7) is 2.53. The Hall–Kier alpha value is -2.51. The largest absolute Gasteiger partial charge is 0.368 e. The molecule has 3 rings (SSSR count). The van der Waals surface area contributed by atoms with E-state index in [0.717, 1.165) is 5.69 Å². The summed E-state index contributed by atoms with van der Waals surface area (Å²) in [6.07, 6.45) is 0. The van der Waals surface area contributed by atoms with Crippen LogP contribution in [0.5, 0.6) is 0 Å². The van der Waals surface area contributed by atoms with Gasteiger partial charge in [0.1, 0.15) is 5.82 Å². The number of anilines is 1. The normalized spacial score (nSPS) is 15.4. The lowest BCUT2D eigenvalue weighted by atomic mass is 10.2. The molecule has 1 aliphatic heterocycles. The van der Waals surface area contributed by atoms with Gasteiger partial charge in [-0.1, -0.05) is 0 Å². The lowest BCUT2D eigenvalue weighted by molar-refractivity contribution is 0.0734. The fourth-order valence-corrected chi connectivity index (χ4v) is 2.21. The third-order valence-electron chi connectivity index (χ3n) is 3.30. The highest BCUT2D eigenvalue weighted by Gasteiger charge is 2.24. The lowest BCUT2D eigenvalue weighted by Crippen LogP contribution is -2.49. The zero-order valence-corrected chi connectivity index (χ0v) is 10.7. The number of hydrogen-bond acceptors (Lipinski definition) is 5. The Labute approximate surface area is 114 Å². The number of aromatic nitrogens is 4. The number of hydrogen-bond donors (Lipinski definition) is 1. The number of nitrogens with zero attached hydrogens (tertiary/aromatic N) is 5. The van der Waals surface area contributed by atoms with Gasteiger partial charge in [-0.25, -0.2) is 4.39 Å². The van der Waals surface area contributed by atoms with Crippen LogP contribution in [0.1, 0.15) is 10.6 Å². The highest BCUT2D eigenvalue weighted by molar-refractivity contribution is 5.90.